The van der Waals surface area contributed by atoms with Crippen molar-refractivity contribution >= 4 is 17.6 Å². The van der Waals surface area contributed by atoms with E-state index in [-0.39, 0.29) is 5.91 Å². The number of aromatic carboxylic acids is 1. The Bertz CT molecular complexity index is 800. The molecule has 5 rings (SSSR count). The Labute approximate surface area is 173 Å². The molecule has 0 spiro atoms. The maximum Gasteiger partial charge on any atom is 0.335 e. The summed E-state index contributed by atoms with van der Waals surface area (Å²) in [5.41, 5.74) is 3.01. The summed E-state index contributed by atoms with van der Waals surface area (Å²) in [6, 6.07) is 7.02. The van der Waals surface area contributed by atoms with Crippen LogP contribution in [0.15, 0.2) is 35.9 Å². The van der Waals surface area contributed by atoms with Crippen LogP contribution in [0.5, 0.6) is 0 Å². The second-order valence-electron chi connectivity index (χ2n) is 9.58. The van der Waals surface area contributed by atoms with E-state index in [9.17, 15) is 9.59 Å². The van der Waals surface area contributed by atoms with Crippen molar-refractivity contribution in [1.82, 2.24) is 5.32 Å². The number of carbonyl (C=O) groups is 2. The van der Waals surface area contributed by atoms with Crippen molar-refractivity contribution in [2.75, 3.05) is 24.5 Å². The highest BCUT2D eigenvalue weighted by atomic mass is 16.4. The third-order valence-corrected chi connectivity index (χ3v) is 7.76. The van der Waals surface area contributed by atoms with Gasteiger partial charge in [0.2, 0.25) is 5.91 Å². The quantitative estimate of drug-likeness (QED) is 0.735. The van der Waals surface area contributed by atoms with E-state index in [1.165, 1.54) is 24.8 Å². The number of benzene rings is 1. The van der Waals surface area contributed by atoms with Gasteiger partial charge in [0.05, 0.1) is 5.56 Å². The first-order valence-corrected chi connectivity index (χ1v) is 10.9. The smallest absolute Gasteiger partial charge is 0.335 e. The molecule has 5 nitrogen and oxygen atoms in total. The number of carboxylic acid groups (broad SMARTS) is 1. The van der Waals surface area contributed by atoms with Crippen LogP contribution in [0, 0.1) is 23.2 Å². The number of piperidine rings is 1. The van der Waals surface area contributed by atoms with E-state index < -0.39 is 5.97 Å². The predicted octanol–water partition coefficient (Wildman–Crippen LogP) is 4.10. The number of anilines is 1. The van der Waals surface area contributed by atoms with E-state index in [0.717, 1.165) is 50.0 Å². The van der Waals surface area contributed by atoms with Gasteiger partial charge in [-0.1, -0.05) is 19.4 Å². The fourth-order valence-electron chi connectivity index (χ4n) is 5.69. The molecule has 1 aliphatic heterocycles. The molecule has 4 fully saturated rings. The zero-order valence-corrected chi connectivity index (χ0v) is 17.5. The van der Waals surface area contributed by atoms with E-state index in [2.05, 4.69) is 24.1 Å². The van der Waals surface area contributed by atoms with E-state index in [4.69, 9.17) is 5.11 Å². The highest BCUT2D eigenvalue weighted by Crippen LogP contribution is 2.61. The summed E-state index contributed by atoms with van der Waals surface area (Å²) in [6.07, 6.45) is 7.46. The highest BCUT2D eigenvalue weighted by molar-refractivity contribution is 5.88. The molecule has 4 aliphatic rings. The molecule has 5 heteroatoms. The van der Waals surface area contributed by atoms with Gasteiger partial charge in [-0.15, -0.1) is 0 Å². The van der Waals surface area contributed by atoms with Crippen LogP contribution in [0.3, 0.4) is 0 Å². The molecule has 3 saturated carbocycles. The number of hydrogen-bond donors (Lipinski definition) is 2. The number of nitrogens with zero attached hydrogens (tertiary/aromatic N) is 1. The minimum atomic E-state index is -0.902. The zero-order valence-electron chi connectivity index (χ0n) is 17.5. The van der Waals surface area contributed by atoms with Crippen molar-refractivity contribution in [3.8, 4) is 0 Å². The largest absolute Gasteiger partial charge is 0.478 e. The maximum absolute atomic E-state index is 12.4. The number of carboxylic acids is 1. The Kier molecular flexibility index (Phi) is 5.41. The molecule has 3 aliphatic carbocycles. The van der Waals surface area contributed by atoms with Crippen molar-refractivity contribution < 1.29 is 14.7 Å². The van der Waals surface area contributed by atoms with E-state index >= 15 is 0 Å². The Balaban J connectivity index is 1.25. The molecule has 1 aromatic carbocycles. The van der Waals surface area contributed by atoms with Gasteiger partial charge >= 0.3 is 5.97 Å². The fourth-order valence-corrected chi connectivity index (χ4v) is 5.69. The van der Waals surface area contributed by atoms with Gasteiger partial charge in [0.15, 0.2) is 0 Å². The number of nitrogens with one attached hydrogen (secondary N) is 1. The fraction of sp³-hybridized carbons (Fsp3) is 0.583. The average Bonchev–Trinajstić information content (AvgIpc) is 2.73. The van der Waals surface area contributed by atoms with Gasteiger partial charge in [0.25, 0.3) is 0 Å². The minimum absolute atomic E-state index is 0.0542. The predicted molar refractivity (Wildman–Crippen MR) is 114 cm³/mol. The molecular weight excluding hydrogens is 364 g/mol. The molecular formula is C24H32N2O3. The lowest BCUT2D eigenvalue weighted by atomic mass is 9.45. The topological polar surface area (TPSA) is 69.6 Å². The van der Waals surface area contributed by atoms with Gasteiger partial charge in [-0.2, -0.15) is 0 Å². The molecule has 1 amide bonds. The first-order valence-electron chi connectivity index (χ1n) is 10.9. The van der Waals surface area contributed by atoms with Crippen molar-refractivity contribution in [2.24, 2.45) is 23.2 Å². The van der Waals surface area contributed by atoms with Crippen molar-refractivity contribution in [1.29, 1.82) is 0 Å². The van der Waals surface area contributed by atoms with Crippen LogP contribution in [-0.2, 0) is 4.79 Å². The molecule has 1 saturated heterocycles. The number of hydrogen-bond acceptors (Lipinski definition) is 3. The molecule has 1 aromatic rings. The maximum atomic E-state index is 12.4. The molecule has 1 heterocycles. The first kappa shape index (κ1) is 20.0. The first-order chi connectivity index (χ1) is 13.8. The summed E-state index contributed by atoms with van der Waals surface area (Å²) in [6.45, 7) is 7.30. The normalized spacial score (nSPS) is 27.7. The van der Waals surface area contributed by atoms with Gasteiger partial charge in [0, 0.05) is 31.4 Å². The molecule has 3 atom stereocenters. The minimum Gasteiger partial charge on any atom is -0.478 e. The Hall–Kier alpha value is -2.30. The van der Waals surface area contributed by atoms with Crippen LogP contribution in [-0.4, -0.2) is 36.6 Å². The lowest BCUT2D eigenvalue weighted by Gasteiger charge is -2.60. The molecule has 2 N–H and O–H groups in total. The van der Waals surface area contributed by atoms with Crippen LogP contribution >= 0.6 is 0 Å². The van der Waals surface area contributed by atoms with Gasteiger partial charge in [0.1, 0.15) is 0 Å². The highest BCUT2D eigenvalue weighted by Gasteiger charge is 2.53. The van der Waals surface area contributed by atoms with E-state index in [1.54, 1.807) is 12.1 Å². The van der Waals surface area contributed by atoms with Crippen LogP contribution in [0.25, 0.3) is 0 Å². The Morgan fingerprint density at radius 3 is 2.45 bits per heavy atom. The standard InChI is InChI=1S/C24H32N2O3/c1-24(2)19-6-3-18(21(24)14-19)15-25-22(27)13-16-9-11-26(12-10-16)20-7-4-17(5-8-20)23(28)29/h4-5,7-8,13,18-19,21H,3,6,9-12,14-15H2,1-2H3,(H,25,27)(H,28,29)/t18-,19-,21-/m0/s1. The van der Waals surface area contributed by atoms with Crippen molar-refractivity contribution in [3.63, 3.8) is 0 Å². The van der Waals surface area contributed by atoms with Crippen LogP contribution in [0.4, 0.5) is 5.69 Å². The van der Waals surface area contributed by atoms with Crippen LogP contribution < -0.4 is 10.2 Å². The van der Waals surface area contributed by atoms with Gasteiger partial charge in [-0.05, 0) is 79.5 Å². The van der Waals surface area contributed by atoms with Gasteiger partial charge in [-0.3, -0.25) is 4.79 Å². The molecule has 0 unspecified atom stereocenters. The Morgan fingerprint density at radius 1 is 1.17 bits per heavy atom. The molecule has 29 heavy (non-hydrogen) atoms. The summed E-state index contributed by atoms with van der Waals surface area (Å²) in [5.74, 6) is 1.45. The average molecular weight is 397 g/mol. The van der Waals surface area contributed by atoms with E-state index in [0.29, 0.717) is 16.9 Å². The number of fused-ring (bicyclic) bond motifs is 2. The summed E-state index contributed by atoms with van der Waals surface area (Å²) >= 11 is 0. The van der Waals surface area contributed by atoms with Gasteiger partial charge in [-0.25, -0.2) is 4.79 Å². The monoisotopic (exact) mass is 396 g/mol. The molecule has 0 aromatic heterocycles. The third kappa shape index (κ3) is 4.05. The second-order valence-corrected chi connectivity index (χ2v) is 9.58. The van der Waals surface area contributed by atoms with Crippen molar-refractivity contribution in [2.45, 2.75) is 46.0 Å². The molecule has 0 radical (unpaired) electrons. The number of amides is 1. The Morgan fingerprint density at radius 2 is 1.86 bits per heavy atom. The van der Waals surface area contributed by atoms with E-state index in [1.807, 2.05) is 18.2 Å². The SMILES string of the molecule is CC1(C)[C@H]2CC[C@@H](CNC(=O)C=C3CCN(c4ccc(C(=O)O)cc4)CC3)[C@@H]1C2. The summed E-state index contributed by atoms with van der Waals surface area (Å²) in [4.78, 5) is 25.7. The van der Waals surface area contributed by atoms with Gasteiger partial charge < -0.3 is 15.3 Å². The molecule has 156 valence electrons. The lowest BCUT2D eigenvalue weighted by molar-refractivity contribution is -0.120. The van der Waals surface area contributed by atoms with Crippen LogP contribution in [0.2, 0.25) is 0 Å². The summed E-state index contributed by atoms with van der Waals surface area (Å²) in [7, 11) is 0. The summed E-state index contributed by atoms with van der Waals surface area (Å²) in [5, 5.41) is 12.2. The number of rotatable bonds is 5. The lowest BCUT2D eigenvalue weighted by Crippen LogP contribution is -2.54. The second kappa shape index (κ2) is 7.85. The third-order valence-electron chi connectivity index (χ3n) is 7.76. The molecule has 2 bridgehead atoms. The number of carbonyl (C=O) groups excluding carboxylic acids is 1. The summed E-state index contributed by atoms with van der Waals surface area (Å²) < 4.78 is 0. The zero-order chi connectivity index (χ0) is 20.6. The van der Waals surface area contributed by atoms with Crippen LogP contribution in [0.1, 0.15) is 56.3 Å². The van der Waals surface area contributed by atoms with Crippen molar-refractivity contribution in [3.05, 3.63) is 41.5 Å².